The number of nitrogens with one attached hydrogen (secondary N) is 1. The standard InChI is InChI=1S/C17H25NO/c1-17(2)10-9-15(13-5-3-4-6-14(13)17)18-11-16(19)12-7-8-12/h3-6,12,15-16,18-19H,7-11H2,1-2H3. The van der Waals surface area contributed by atoms with Gasteiger partial charge < -0.3 is 10.4 Å². The minimum Gasteiger partial charge on any atom is -0.392 e. The molecule has 1 saturated carbocycles. The fourth-order valence-corrected chi connectivity index (χ4v) is 3.34. The first-order chi connectivity index (χ1) is 9.08. The predicted octanol–water partition coefficient (Wildman–Crippen LogP) is 3.16. The Bertz CT molecular complexity index is 450. The summed E-state index contributed by atoms with van der Waals surface area (Å²) in [5.74, 6) is 0.558. The lowest BCUT2D eigenvalue weighted by atomic mass is 9.71. The first kappa shape index (κ1) is 13.1. The van der Waals surface area contributed by atoms with Gasteiger partial charge in [-0.25, -0.2) is 0 Å². The molecule has 0 bridgehead atoms. The minimum absolute atomic E-state index is 0.151. The van der Waals surface area contributed by atoms with Gasteiger partial charge in [0.1, 0.15) is 0 Å². The fraction of sp³-hybridized carbons (Fsp3) is 0.647. The zero-order chi connectivity index (χ0) is 13.5. The van der Waals surface area contributed by atoms with E-state index in [0.29, 0.717) is 12.0 Å². The molecular formula is C17H25NO. The van der Waals surface area contributed by atoms with Crippen LogP contribution in [0.4, 0.5) is 0 Å². The summed E-state index contributed by atoms with van der Waals surface area (Å²) in [5, 5.41) is 13.6. The normalized spacial score (nSPS) is 26.8. The molecule has 0 radical (unpaired) electrons. The van der Waals surface area contributed by atoms with Crippen molar-refractivity contribution in [2.75, 3.05) is 6.54 Å². The number of aliphatic hydroxyl groups excluding tert-OH is 1. The molecule has 1 aromatic rings. The highest BCUT2D eigenvalue weighted by molar-refractivity contribution is 5.38. The van der Waals surface area contributed by atoms with Crippen LogP contribution in [0.3, 0.4) is 0 Å². The first-order valence-corrected chi connectivity index (χ1v) is 7.59. The average molecular weight is 259 g/mol. The Balaban J connectivity index is 1.72. The van der Waals surface area contributed by atoms with E-state index in [2.05, 4.69) is 43.4 Å². The van der Waals surface area contributed by atoms with Gasteiger partial charge in [-0.3, -0.25) is 0 Å². The van der Waals surface area contributed by atoms with Gasteiger partial charge in [0.2, 0.25) is 0 Å². The van der Waals surface area contributed by atoms with E-state index >= 15 is 0 Å². The maximum Gasteiger partial charge on any atom is 0.0692 e. The second-order valence-corrected chi connectivity index (χ2v) is 6.88. The topological polar surface area (TPSA) is 32.3 Å². The van der Waals surface area contributed by atoms with Crippen LogP contribution >= 0.6 is 0 Å². The number of fused-ring (bicyclic) bond motifs is 1. The van der Waals surface area contributed by atoms with Crippen LogP contribution in [-0.4, -0.2) is 17.8 Å². The fourth-order valence-electron chi connectivity index (χ4n) is 3.34. The Hall–Kier alpha value is -0.860. The molecule has 0 amide bonds. The van der Waals surface area contributed by atoms with Crippen LogP contribution in [0.1, 0.15) is 56.7 Å². The molecule has 0 aliphatic heterocycles. The summed E-state index contributed by atoms with van der Waals surface area (Å²) >= 11 is 0. The van der Waals surface area contributed by atoms with Crippen molar-refractivity contribution in [3.05, 3.63) is 35.4 Å². The highest BCUT2D eigenvalue weighted by Crippen LogP contribution is 2.41. The van der Waals surface area contributed by atoms with Crippen LogP contribution in [-0.2, 0) is 5.41 Å². The monoisotopic (exact) mass is 259 g/mol. The molecule has 2 nitrogen and oxygen atoms in total. The van der Waals surface area contributed by atoms with E-state index in [9.17, 15) is 5.11 Å². The van der Waals surface area contributed by atoms with Crippen LogP contribution < -0.4 is 5.32 Å². The van der Waals surface area contributed by atoms with Gasteiger partial charge in [0.05, 0.1) is 6.10 Å². The van der Waals surface area contributed by atoms with Crippen molar-refractivity contribution in [2.45, 2.75) is 57.1 Å². The van der Waals surface area contributed by atoms with Gasteiger partial charge >= 0.3 is 0 Å². The molecule has 2 N–H and O–H groups in total. The largest absolute Gasteiger partial charge is 0.392 e. The molecule has 2 unspecified atom stereocenters. The van der Waals surface area contributed by atoms with Crippen molar-refractivity contribution in [1.82, 2.24) is 5.32 Å². The number of rotatable bonds is 4. The van der Waals surface area contributed by atoms with Crippen molar-refractivity contribution >= 4 is 0 Å². The molecule has 0 heterocycles. The lowest BCUT2D eigenvalue weighted by Crippen LogP contribution is -2.36. The van der Waals surface area contributed by atoms with Crippen molar-refractivity contribution in [3.63, 3.8) is 0 Å². The van der Waals surface area contributed by atoms with E-state index < -0.39 is 0 Å². The molecule has 0 spiro atoms. The van der Waals surface area contributed by atoms with E-state index in [1.54, 1.807) is 0 Å². The average Bonchev–Trinajstić information content (AvgIpc) is 3.22. The predicted molar refractivity (Wildman–Crippen MR) is 78.2 cm³/mol. The third-order valence-corrected chi connectivity index (χ3v) is 4.86. The second kappa shape index (κ2) is 4.92. The van der Waals surface area contributed by atoms with Gasteiger partial charge in [-0.1, -0.05) is 38.1 Å². The molecule has 2 aliphatic carbocycles. The van der Waals surface area contributed by atoms with E-state index in [-0.39, 0.29) is 11.5 Å². The van der Waals surface area contributed by atoms with E-state index in [0.717, 1.165) is 6.54 Å². The van der Waals surface area contributed by atoms with E-state index in [4.69, 9.17) is 0 Å². The Morgan fingerprint density at radius 1 is 1.26 bits per heavy atom. The molecule has 2 atom stereocenters. The van der Waals surface area contributed by atoms with E-state index in [1.807, 2.05) is 0 Å². The molecule has 104 valence electrons. The summed E-state index contributed by atoms with van der Waals surface area (Å²) < 4.78 is 0. The summed E-state index contributed by atoms with van der Waals surface area (Å²) in [6, 6.07) is 9.20. The molecule has 19 heavy (non-hydrogen) atoms. The molecule has 1 fully saturated rings. The van der Waals surface area contributed by atoms with Crippen LogP contribution in [0.15, 0.2) is 24.3 Å². The molecule has 2 aliphatic rings. The molecule has 0 aromatic heterocycles. The summed E-state index contributed by atoms with van der Waals surface area (Å²) in [6.45, 7) is 5.41. The van der Waals surface area contributed by atoms with Gasteiger partial charge in [0.25, 0.3) is 0 Å². The summed E-state index contributed by atoms with van der Waals surface area (Å²) in [7, 11) is 0. The summed E-state index contributed by atoms with van der Waals surface area (Å²) in [4.78, 5) is 0. The third kappa shape index (κ3) is 2.70. The van der Waals surface area contributed by atoms with E-state index in [1.165, 1.54) is 36.8 Å². The second-order valence-electron chi connectivity index (χ2n) is 6.88. The molecular weight excluding hydrogens is 234 g/mol. The van der Waals surface area contributed by atoms with Gasteiger partial charge in [-0.05, 0) is 48.1 Å². The first-order valence-electron chi connectivity index (χ1n) is 7.59. The maximum atomic E-state index is 10.0. The zero-order valence-corrected chi connectivity index (χ0v) is 12.0. The van der Waals surface area contributed by atoms with Gasteiger partial charge in [0, 0.05) is 12.6 Å². The Morgan fingerprint density at radius 3 is 2.74 bits per heavy atom. The van der Waals surface area contributed by atoms with Gasteiger partial charge in [-0.15, -0.1) is 0 Å². The van der Waals surface area contributed by atoms with Crippen LogP contribution in [0.25, 0.3) is 0 Å². The third-order valence-electron chi connectivity index (χ3n) is 4.86. The highest BCUT2D eigenvalue weighted by atomic mass is 16.3. The Labute approximate surface area is 116 Å². The Kier molecular flexibility index (Phi) is 3.40. The van der Waals surface area contributed by atoms with Crippen molar-refractivity contribution in [1.29, 1.82) is 0 Å². The number of hydrogen-bond acceptors (Lipinski definition) is 2. The quantitative estimate of drug-likeness (QED) is 0.870. The van der Waals surface area contributed by atoms with Gasteiger partial charge in [-0.2, -0.15) is 0 Å². The Morgan fingerprint density at radius 2 is 2.00 bits per heavy atom. The molecule has 1 aromatic carbocycles. The lowest BCUT2D eigenvalue weighted by Gasteiger charge is -2.37. The number of aliphatic hydroxyl groups is 1. The minimum atomic E-state index is -0.151. The van der Waals surface area contributed by atoms with Crippen LogP contribution in [0.2, 0.25) is 0 Å². The molecule has 3 rings (SSSR count). The lowest BCUT2D eigenvalue weighted by molar-refractivity contribution is 0.142. The number of hydrogen-bond donors (Lipinski definition) is 2. The summed E-state index contributed by atoms with van der Waals surface area (Å²) in [6.07, 6.45) is 4.64. The smallest absolute Gasteiger partial charge is 0.0692 e. The van der Waals surface area contributed by atoms with Gasteiger partial charge in [0.15, 0.2) is 0 Å². The zero-order valence-electron chi connectivity index (χ0n) is 12.0. The molecule has 2 heteroatoms. The molecule has 0 saturated heterocycles. The maximum absolute atomic E-state index is 10.0. The van der Waals surface area contributed by atoms with Crippen molar-refractivity contribution < 1.29 is 5.11 Å². The highest BCUT2D eigenvalue weighted by Gasteiger charge is 2.34. The number of benzene rings is 1. The van der Waals surface area contributed by atoms with Crippen LogP contribution in [0.5, 0.6) is 0 Å². The van der Waals surface area contributed by atoms with Crippen LogP contribution in [0, 0.1) is 5.92 Å². The summed E-state index contributed by atoms with van der Waals surface area (Å²) in [5.41, 5.74) is 3.19. The van der Waals surface area contributed by atoms with Crippen molar-refractivity contribution in [3.8, 4) is 0 Å². The van der Waals surface area contributed by atoms with Crippen molar-refractivity contribution in [2.24, 2.45) is 5.92 Å². The SMILES string of the molecule is CC1(C)CCC(NCC(O)C2CC2)c2ccccc21.